The van der Waals surface area contributed by atoms with Gasteiger partial charge in [0.1, 0.15) is 11.9 Å². The molecule has 3 heterocycles. The summed E-state index contributed by atoms with van der Waals surface area (Å²) in [6.07, 6.45) is 5.77. The molecule has 2 N–H and O–H groups in total. The van der Waals surface area contributed by atoms with E-state index < -0.39 is 0 Å². The van der Waals surface area contributed by atoms with Gasteiger partial charge < -0.3 is 15.0 Å². The summed E-state index contributed by atoms with van der Waals surface area (Å²) in [4.78, 5) is 23.9. The van der Waals surface area contributed by atoms with Crippen molar-refractivity contribution in [2.24, 2.45) is 0 Å². The second-order valence-corrected chi connectivity index (χ2v) is 7.87. The van der Waals surface area contributed by atoms with Crippen LogP contribution in [-0.4, -0.2) is 45.8 Å². The number of aromatic amines is 1. The van der Waals surface area contributed by atoms with Gasteiger partial charge in [0.2, 0.25) is 5.95 Å². The van der Waals surface area contributed by atoms with Crippen LogP contribution in [0.3, 0.4) is 0 Å². The number of nitrogens with zero attached hydrogens (tertiary/aromatic N) is 4. The third-order valence-corrected chi connectivity index (χ3v) is 5.62. The lowest BCUT2D eigenvalue weighted by Gasteiger charge is -2.34. The zero-order valence-electron chi connectivity index (χ0n) is 16.8. The minimum Gasteiger partial charge on any atom is -0.467 e. The van der Waals surface area contributed by atoms with Crippen molar-refractivity contribution in [2.45, 2.75) is 64.3 Å². The summed E-state index contributed by atoms with van der Waals surface area (Å²) >= 11 is 0. The highest BCUT2D eigenvalue weighted by atomic mass is 16.5. The summed E-state index contributed by atoms with van der Waals surface area (Å²) in [5, 5.41) is 10.8. The number of methoxy groups -OCH3 is 1. The first-order valence-electron chi connectivity index (χ1n) is 10.1. The second kappa shape index (κ2) is 7.77. The molecule has 2 aromatic heterocycles. The van der Waals surface area contributed by atoms with Crippen molar-refractivity contribution in [1.82, 2.24) is 20.2 Å². The number of hydrogen-bond donors (Lipinski definition) is 2. The molecule has 150 valence electrons. The number of anilines is 3. The molecule has 1 atom stereocenters. The van der Waals surface area contributed by atoms with E-state index in [0.29, 0.717) is 11.9 Å². The van der Waals surface area contributed by atoms with E-state index >= 15 is 0 Å². The topological polar surface area (TPSA) is 96.0 Å². The molecule has 28 heavy (non-hydrogen) atoms. The maximum Gasteiger partial charge on any atom is 0.328 e. The Hall–Kier alpha value is -2.64. The van der Waals surface area contributed by atoms with Crippen molar-refractivity contribution in [1.29, 1.82) is 0 Å². The van der Waals surface area contributed by atoms with Gasteiger partial charge in [-0.15, -0.1) is 0 Å². The van der Waals surface area contributed by atoms with Crippen molar-refractivity contribution >= 4 is 23.6 Å². The number of ether oxygens (including phenoxy) is 1. The molecule has 8 heteroatoms. The van der Waals surface area contributed by atoms with E-state index in [4.69, 9.17) is 14.7 Å². The monoisotopic (exact) mass is 384 g/mol. The summed E-state index contributed by atoms with van der Waals surface area (Å²) in [5.41, 5.74) is 3.31. The SMILES string of the molecule is COC(=O)C1CCCCN1c1nc2c(c(Nc3cc(C(C)C)[nH]n3)n1)CCC2. The van der Waals surface area contributed by atoms with E-state index in [1.807, 2.05) is 11.0 Å². The minimum absolute atomic E-state index is 0.216. The highest BCUT2D eigenvalue weighted by Crippen LogP contribution is 2.32. The fourth-order valence-electron chi connectivity index (χ4n) is 4.02. The van der Waals surface area contributed by atoms with Crippen LogP contribution < -0.4 is 10.2 Å². The Balaban J connectivity index is 1.67. The molecule has 0 saturated carbocycles. The van der Waals surface area contributed by atoms with Crippen molar-refractivity contribution in [3.63, 3.8) is 0 Å². The molecule has 4 rings (SSSR count). The van der Waals surface area contributed by atoms with Crippen molar-refractivity contribution in [3.05, 3.63) is 23.0 Å². The van der Waals surface area contributed by atoms with Crippen LogP contribution >= 0.6 is 0 Å². The Morgan fingerprint density at radius 1 is 1.29 bits per heavy atom. The van der Waals surface area contributed by atoms with Gasteiger partial charge in [-0.1, -0.05) is 13.8 Å². The van der Waals surface area contributed by atoms with Gasteiger partial charge in [-0.05, 0) is 44.4 Å². The number of fused-ring (bicyclic) bond motifs is 1. The Labute approximate surface area is 165 Å². The number of esters is 1. The highest BCUT2D eigenvalue weighted by molar-refractivity contribution is 5.79. The van der Waals surface area contributed by atoms with E-state index in [-0.39, 0.29) is 12.0 Å². The van der Waals surface area contributed by atoms with Crippen LogP contribution in [-0.2, 0) is 22.4 Å². The number of aryl methyl sites for hydroxylation is 1. The first-order chi connectivity index (χ1) is 13.6. The molecular formula is C20H28N6O2. The first kappa shape index (κ1) is 18.7. The van der Waals surface area contributed by atoms with Gasteiger partial charge in [-0.25, -0.2) is 9.78 Å². The number of nitrogens with one attached hydrogen (secondary N) is 2. The summed E-state index contributed by atoms with van der Waals surface area (Å²) in [7, 11) is 1.44. The predicted molar refractivity (Wildman–Crippen MR) is 107 cm³/mol. The third-order valence-electron chi connectivity index (χ3n) is 5.62. The van der Waals surface area contributed by atoms with Gasteiger partial charge in [-0.2, -0.15) is 10.1 Å². The molecule has 0 amide bonds. The standard InChI is InChI=1S/C20H28N6O2/c1-12(2)15-11-17(25-24-15)22-18-13-7-6-8-14(13)21-20(23-18)26-10-5-4-9-16(26)19(27)28-3/h11-12,16H,4-10H2,1-3H3,(H2,21,22,23,24,25). The predicted octanol–water partition coefficient (Wildman–Crippen LogP) is 3.09. The first-order valence-corrected chi connectivity index (χ1v) is 10.1. The summed E-state index contributed by atoms with van der Waals surface area (Å²) < 4.78 is 5.02. The van der Waals surface area contributed by atoms with E-state index in [2.05, 4.69) is 29.4 Å². The molecule has 0 aromatic carbocycles. The Morgan fingerprint density at radius 3 is 2.89 bits per heavy atom. The molecule has 1 saturated heterocycles. The molecule has 0 bridgehead atoms. The van der Waals surface area contributed by atoms with E-state index in [1.165, 1.54) is 7.11 Å². The van der Waals surface area contributed by atoms with Crippen LogP contribution in [0.2, 0.25) is 0 Å². The lowest BCUT2D eigenvalue weighted by atomic mass is 10.0. The van der Waals surface area contributed by atoms with Gasteiger partial charge in [0, 0.05) is 23.9 Å². The fourth-order valence-corrected chi connectivity index (χ4v) is 4.02. The van der Waals surface area contributed by atoms with Crippen LogP contribution in [0.15, 0.2) is 6.07 Å². The van der Waals surface area contributed by atoms with E-state index in [0.717, 1.165) is 73.7 Å². The van der Waals surface area contributed by atoms with Crippen LogP contribution in [0.5, 0.6) is 0 Å². The van der Waals surface area contributed by atoms with Gasteiger partial charge >= 0.3 is 5.97 Å². The Kier molecular flexibility index (Phi) is 5.19. The van der Waals surface area contributed by atoms with Crippen molar-refractivity contribution < 1.29 is 9.53 Å². The number of rotatable bonds is 5. The zero-order chi connectivity index (χ0) is 19.7. The number of carbonyl (C=O) groups excluding carboxylic acids is 1. The molecule has 8 nitrogen and oxygen atoms in total. The summed E-state index contributed by atoms with van der Waals surface area (Å²) in [5.74, 6) is 2.33. The number of hydrogen-bond acceptors (Lipinski definition) is 7. The number of carbonyl (C=O) groups is 1. The van der Waals surface area contributed by atoms with Gasteiger partial charge in [0.15, 0.2) is 5.82 Å². The quantitative estimate of drug-likeness (QED) is 0.765. The largest absolute Gasteiger partial charge is 0.467 e. The highest BCUT2D eigenvalue weighted by Gasteiger charge is 2.33. The molecule has 1 unspecified atom stereocenters. The Morgan fingerprint density at radius 2 is 2.14 bits per heavy atom. The van der Waals surface area contributed by atoms with Crippen LogP contribution in [0.25, 0.3) is 0 Å². The van der Waals surface area contributed by atoms with Crippen LogP contribution in [0.1, 0.15) is 62.4 Å². The zero-order valence-corrected chi connectivity index (χ0v) is 16.8. The van der Waals surface area contributed by atoms with E-state index in [1.54, 1.807) is 0 Å². The number of piperidine rings is 1. The lowest BCUT2D eigenvalue weighted by Crippen LogP contribution is -2.46. The van der Waals surface area contributed by atoms with Crippen LogP contribution in [0.4, 0.5) is 17.6 Å². The van der Waals surface area contributed by atoms with Gasteiger partial charge in [-0.3, -0.25) is 5.10 Å². The summed E-state index contributed by atoms with van der Waals surface area (Å²) in [6, 6.07) is 1.70. The van der Waals surface area contributed by atoms with Crippen LogP contribution in [0, 0.1) is 0 Å². The molecule has 2 aromatic rings. The molecule has 2 aliphatic rings. The third kappa shape index (κ3) is 3.55. The maximum atomic E-state index is 12.3. The molecule has 0 radical (unpaired) electrons. The Bertz CT molecular complexity index is 862. The van der Waals surface area contributed by atoms with Gasteiger partial charge in [0.25, 0.3) is 0 Å². The van der Waals surface area contributed by atoms with E-state index in [9.17, 15) is 4.79 Å². The van der Waals surface area contributed by atoms with Crippen molar-refractivity contribution in [3.8, 4) is 0 Å². The molecule has 1 aliphatic heterocycles. The van der Waals surface area contributed by atoms with Gasteiger partial charge in [0.05, 0.1) is 12.8 Å². The minimum atomic E-state index is -0.316. The molecular weight excluding hydrogens is 356 g/mol. The van der Waals surface area contributed by atoms with Crippen molar-refractivity contribution in [2.75, 3.05) is 23.9 Å². The molecule has 1 fully saturated rings. The smallest absolute Gasteiger partial charge is 0.328 e. The summed E-state index contributed by atoms with van der Waals surface area (Å²) in [6.45, 7) is 5.01. The maximum absolute atomic E-state index is 12.3. The fraction of sp³-hybridized carbons (Fsp3) is 0.600. The number of H-pyrrole nitrogens is 1. The normalized spacial score (nSPS) is 19.0. The average Bonchev–Trinajstić information content (AvgIpc) is 3.37. The second-order valence-electron chi connectivity index (χ2n) is 7.87. The average molecular weight is 384 g/mol. The molecule has 1 aliphatic carbocycles. The lowest BCUT2D eigenvalue weighted by molar-refractivity contribution is -0.142. The molecule has 0 spiro atoms. The number of aromatic nitrogens is 4.